The molecule has 3 rings (SSSR count). The van der Waals surface area contributed by atoms with Crippen LogP contribution in [-0.2, 0) is 9.59 Å². The molecule has 2 aromatic carbocycles. The van der Waals surface area contributed by atoms with Crippen LogP contribution in [0.4, 0.5) is 16.2 Å². The van der Waals surface area contributed by atoms with Crippen LogP contribution in [0.5, 0.6) is 0 Å². The number of anilines is 1. The molecule has 0 spiro atoms. The second-order valence-corrected chi connectivity index (χ2v) is 6.25. The van der Waals surface area contributed by atoms with E-state index >= 15 is 0 Å². The molecule has 0 aromatic heterocycles. The largest absolute Gasteiger partial charge is 0.335 e. The minimum Gasteiger partial charge on any atom is -0.273 e. The molecule has 1 saturated heterocycles. The third kappa shape index (κ3) is 3.67. The van der Waals surface area contributed by atoms with Gasteiger partial charge in [-0.05, 0) is 42.0 Å². The first-order chi connectivity index (χ1) is 12.8. The summed E-state index contributed by atoms with van der Waals surface area (Å²) in [5.41, 5.74) is -0.320. The summed E-state index contributed by atoms with van der Waals surface area (Å²) < 4.78 is 0. The topological polar surface area (TPSA) is 110 Å². The number of imide groups is 2. The molecule has 10 heteroatoms. The van der Waals surface area contributed by atoms with Crippen molar-refractivity contribution in [2.75, 3.05) is 4.90 Å². The Morgan fingerprint density at radius 2 is 1.70 bits per heavy atom. The molecule has 1 heterocycles. The van der Waals surface area contributed by atoms with Crippen LogP contribution in [0.3, 0.4) is 0 Å². The average molecular weight is 406 g/mol. The van der Waals surface area contributed by atoms with Crippen LogP contribution in [0.1, 0.15) is 5.56 Å². The monoisotopic (exact) mass is 405 g/mol. The molecule has 0 aliphatic carbocycles. The number of nitro groups is 1. The lowest BCUT2D eigenvalue weighted by molar-refractivity contribution is -0.384. The van der Waals surface area contributed by atoms with Gasteiger partial charge in [0.25, 0.3) is 17.5 Å². The van der Waals surface area contributed by atoms with Gasteiger partial charge in [0.1, 0.15) is 10.6 Å². The molecule has 4 amide bonds. The number of nitrogens with zero attached hydrogens (tertiary/aromatic N) is 2. The third-order valence-electron chi connectivity index (χ3n) is 3.66. The summed E-state index contributed by atoms with van der Waals surface area (Å²) in [7, 11) is 0. The van der Waals surface area contributed by atoms with Crippen molar-refractivity contribution in [3.05, 3.63) is 73.8 Å². The highest BCUT2D eigenvalue weighted by molar-refractivity contribution is 6.39. The molecule has 1 aliphatic rings. The summed E-state index contributed by atoms with van der Waals surface area (Å²) in [6.45, 7) is 0. The highest BCUT2D eigenvalue weighted by Gasteiger charge is 2.36. The van der Waals surface area contributed by atoms with E-state index in [1.165, 1.54) is 36.4 Å². The maximum atomic E-state index is 12.7. The number of hydrogen-bond acceptors (Lipinski definition) is 5. The summed E-state index contributed by atoms with van der Waals surface area (Å²) in [6.07, 6.45) is 1.15. The minimum absolute atomic E-state index is 0.0838. The van der Waals surface area contributed by atoms with Gasteiger partial charge in [-0.2, -0.15) is 0 Å². The summed E-state index contributed by atoms with van der Waals surface area (Å²) in [6, 6.07) is 8.76. The van der Waals surface area contributed by atoms with Gasteiger partial charge < -0.3 is 0 Å². The fourth-order valence-corrected chi connectivity index (χ4v) is 2.72. The van der Waals surface area contributed by atoms with E-state index in [0.29, 0.717) is 5.02 Å². The molecule has 27 heavy (non-hydrogen) atoms. The number of urea groups is 1. The fourth-order valence-electron chi connectivity index (χ4n) is 2.41. The van der Waals surface area contributed by atoms with Crippen LogP contribution in [0.2, 0.25) is 10.0 Å². The Kier molecular flexibility index (Phi) is 4.93. The Balaban J connectivity index is 2.03. The van der Waals surface area contributed by atoms with Crippen molar-refractivity contribution in [3.8, 4) is 0 Å². The number of benzene rings is 2. The van der Waals surface area contributed by atoms with Gasteiger partial charge in [0.15, 0.2) is 0 Å². The van der Waals surface area contributed by atoms with Gasteiger partial charge >= 0.3 is 6.03 Å². The summed E-state index contributed by atoms with van der Waals surface area (Å²) in [4.78, 5) is 48.0. The average Bonchev–Trinajstić information content (AvgIpc) is 2.61. The van der Waals surface area contributed by atoms with E-state index in [1.807, 2.05) is 0 Å². The van der Waals surface area contributed by atoms with Gasteiger partial charge in [0.2, 0.25) is 0 Å². The number of amides is 4. The Bertz CT molecular complexity index is 1020. The Morgan fingerprint density at radius 1 is 1.04 bits per heavy atom. The van der Waals surface area contributed by atoms with Crippen LogP contribution >= 0.6 is 23.2 Å². The Labute approximate surface area is 162 Å². The van der Waals surface area contributed by atoms with Crippen LogP contribution in [0.25, 0.3) is 6.08 Å². The number of barbiturate groups is 1. The number of halogens is 2. The van der Waals surface area contributed by atoms with Gasteiger partial charge in [-0.15, -0.1) is 0 Å². The molecule has 0 atom stereocenters. The Hall–Kier alpha value is -3.23. The fraction of sp³-hybridized carbons (Fsp3) is 0. The van der Waals surface area contributed by atoms with Crippen LogP contribution in [0.15, 0.2) is 48.0 Å². The minimum atomic E-state index is -0.911. The van der Waals surface area contributed by atoms with Crippen LogP contribution in [-0.4, -0.2) is 22.8 Å². The van der Waals surface area contributed by atoms with Crippen molar-refractivity contribution in [3.63, 3.8) is 0 Å². The van der Waals surface area contributed by atoms with Crippen molar-refractivity contribution < 1.29 is 19.3 Å². The van der Waals surface area contributed by atoms with Gasteiger partial charge in [-0.1, -0.05) is 29.3 Å². The zero-order valence-corrected chi connectivity index (χ0v) is 14.8. The summed E-state index contributed by atoms with van der Waals surface area (Å²) in [5, 5.41) is 13.4. The molecule has 1 fully saturated rings. The molecular formula is C17H9Cl2N3O5. The zero-order valence-electron chi connectivity index (χ0n) is 13.3. The van der Waals surface area contributed by atoms with Crippen molar-refractivity contribution in [1.29, 1.82) is 0 Å². The van der Waals surface area contributed by atoms with E-state index in [9.17, 15) is 24.5 Å². The van der Waals surface area contributed by atoms with E-state index in [0.717, 1.165) is 17.0 Å². The molecule has 8 nitrogen and oxygen atoms in total. The number of carbonyl (C=O) groups excluding carboxylic acids is 3. The number of carbonyl (C=O) groups is 3. The second kappa shape index (κ2) is 7.18. The van der Waals surface area contributed by atoms with Crippen molar-refractivity contribution in [2.24, 2.45) is 0 Å². The molecule has 2 aromatic rings. The van der Waals surface area contributed by atoms with Crippen LogP contribution < -0.4 is 10.2 Å². The van der Waals surface area contributed by atoms with Crippen molar-refractivity contribution >= 4 is 58.5 Å². The highest BCUT2D eigenvalue weighted by atomic mass is 35.5. The predicted molar refractivity (Wildman–Crippen MR) is 98.6 cm³/mol. The molecule has 136 valence electrons. The summed E-state index contributed by atoms with van der Waals surface area (Å²) >= 11 is 11.6. The first-order valence-corrected chi connectivity index (χ1v) is 8.14. The lowest BCUT2D eigenvalue weighted by atomic mass is 10.1. The van der Waals surface area contributed by atoms with E-state index in [2.05, 4.69) is 5.32 Å². The third-order valence-corrected chi connectivity index (χ3v) is 4.24. The van der Waals surface area contributed by atoms with Crippen LogP contribution in [0, 0.1) is 10.1 Å². The lowest BCUT2D eigenvalue weighted by Crippen LogP contribution is -2.54. The maximum Gasteiger partial charge on any atom is 0.335 e. The standard InChI is InChI=1S/C17H9Cl2N3O5/c18-10-2-4-11(5-3-10)21-16(24)12(15(23)20-17(21)25)7-9-1-6-13(19)14(8-9)22(26)27/h1-8H,(H,20,23,25)/b12-7+. The maximum absolute atomic E-state index is 12.7. The van der Waals surface area contributed by atoms with Gasteiger partial charge in [-0.3, -0.25) is 25.0 Å². The van der Waals surface area contributed by atoms with E-state index in [-0.39, 0.29) is 27.5 Å². The van der Waals surface area contributed by atoms with E-state index in [4.69, 9.17) is 23.2 Å². The zero-order chi connectivity index (χ0) is 19.7. The molecule has 1 aliphatic heterocycles. The molecule has 1 N–H and O–H groups in total. The van der Waals surface area contributed by atoms with Gasteiger partial charge in [0, 0.05) is 11.1 Å². The molecule has 0 saturated carbocycles. The molecule has 0 bridgehead atoms. The number of nitrogens with one attached hydrogen (secondary N) is 1. The number of rotatable bonds is 3. The number of nitro benzene ring substituents is 1. The van der Waals surface area contributed by atoms with E-state index in [1.54, 1.807) is 0 Å². The second-order valence-electron chi connectivity index (χ2n) is 5.40. The molecule has 0 radical (unpaired) electrons. The highest BCUT2D eigenvalue weighted by Crippen LogP contribution is 2.27. The van der Waals surface area contributed by atoms with Crippen molar-refractivity contribution in [2.45, 2.75) is 0 Å². The first kappa shape index (κ1) is 18.6. The normalized spacial score (nSPS) is 15.9. The molecule has 0 unspecified atom stereocenters. The number of hydrogen-bond donors (Lipinski definition) is 1. The summed E-state index contributed by atoms with van der Waals surface area (Å²) in [5.74, 6) is -1.78. The lowest BCUT2D eigenvalue weighted by Gasteiger charge is -2.26. The smallest absolute Gasteiger partial charge is 0.273 e. The quantitative estimate of drug-likeness (QED) is 0.363. The predicted octanol–water partition coefficient (Wildman–Crippen LogP) is 3.57. The first-order valence-electron chi connectivity index (χ1n) is 7.39. The van der Waals surface area contributed by atoms with Gasteiger partial charge in [0.05, 0.1) is 10.6 Å². The van der Waals surface area contributed by atoms with Gasteiger partial charge in [-0.25, -0.2) is 9.69 Å². The molecular weight excluding hydrogens is 397 g/mol. The SMILES string of the molecule is O=C1NC(=O)N(c2ccc(Cl)cc2)C(=O)/C1=C/c1ccc(Cl)c([N+](=O)[O-])c1. The van der Waals surface area contributed by atoms with E-state index < -0.39 is 22.8 Å². The van der Waals surface area contributed by atoms with Crippen molar-refractivity contribution in [1.82, 2.24) is 5.32 Å². The Morgan fingerprint density at radius 3 is 2.33 bits per heavy atom.